The molecule has 0 saturated heterocycles. The van der Waals surface area contributed by atoms with Gasteiger partial charge in [0.05, 0.1) is 11.1 Å². The number of amides is 1. The molecule has 2 aromatic rings. The standard InChI is InChI=1S/C15H21N5O/c1-4-15(3,10-16)14(21)19-12-6-5-7-18-13(12)20-9-8-17-11(20)2/h5-9H,4,10,16H2,1-3H3,(H,19,21). The molecular weight excluding hydrogens is 266 g/mol. The summed E-state index contributed by atoms with van der Waals surface area (Å²) in [5.41, 5.74) is 5.80. The predicted molar refractivity (Wildman–Crippen MR) is 82.2 cm³/mol. The largest absolute Gasteiger partial charge is 0.329 e. The van der Waals surface area contributed by atoms with Gasteiger partial charge in [0, 0.05) is 25.1 Å². The number of nitrogens with zero attached hydrogens (tertiary/aromatic N) is 3. The quantitative estimate of drug-likeness (QED) is 0.879. The Bertz CT molecular complexity index is 630. The Kier molecular flexibility index (Phi) is 4.37. The normalized spacial score (nSPS) is 13.7. The van der Waals surface area contributed by atoms with Crippen molar-refractivity contribution in [1.29, 1.82) is 0 Å². The average Bonchev–Trinajstić information content (AvgIpc) is 2.93. The summed E-state index contributed by atoms with van der Waals surface area (Å²) in [7, 11) is 0. The Morgan fingerprint density at radius 1 is 1.43 bits per heavy atom. The van der Waals surface area contributed by atoms with Crippen molar-refractivity contribution in [2.45, 2.75) is 27.2 Å². The maximum atomic E-state index is 12.5. The molecule has 0 aliphatic heterocycles. The van der Waals surface area contributed by atoms with Crippen LogP contribution in [0.5, 0.6) is 0 Å². The second-order valence-electron chi connectivity index (χ2n) is 5.29. The summed E-state index contributed by atoms with van der Waals surface area (Å²) < 4.78 is 1.83. The molecule has 2 aromatic heterocycles. The van der Waals surface area contributed by atoms with Gasteiger partial charge in [-0.05, 0) is 32.4 Å². The van der Waals surface area contributed by atoms with Crippen molar-refractivity contribution in [3.63, 3.8) is 0 Å². The summed E-state index contributed by atoms with van der Waals surface area (Å²) >= 11 is 0. The third kappa shape index (κ3) is 2.95. The first-order valence-electron chi connectivity index (χ1n) is 6.98. The van der Waals surface area contributed by atoms with Gasteiger partial charge in [0.25, 0.3) is 0 Å². The van der Waals surface area contributed by atoms with E-state index >= 15 is 0 Å². The molecule has 112 valence electrons. The maximum Gasteiger partial charge on any atom is 0.231 e. The van der Waals surface area contributed by atoms with Crippen LogP contribution in [0.25, 0.3) is 5.82 Å². The van der Waals surface area contributed by atoms with Crippen LogP contribution in [0.1, 0.15) is 26.1 Å². The number of nitrogens with one attached hydrogen (secondary N) is 1. The Morgan fingerprint density at radius 3 is 2.76 bits per heavy atom. The predicted octanol–water partition coefficient (Wildman–Crippen LogP) is 1.89. The first-order chi connectivity index (χ1) is 10.0. The van der Waals surface area contributed by atoms with Crippen molar-refractivity contribution in [2.24, 2.45) is 11.1 Å². The molecule has 1 amide bonds. The molecule has 0 aliphatic rings. The number of carbonyl (C=O) groups excluding carboxylic acids is 1. The number of aromatic nitrogens is 3. The molecule has 21 heavy (non-hydrogen) atoms. The lowest BCUT2D eigenvalue weighted by Gasteiger charge is -2.25. The number of carbonyl (C=O) groups is 1. The molecule has 6 nitrogen and oxygen atoms in total. The van der Waals surface area contributed by atoms with E-state index in [1.807, 2.05) is 37.6 Å². The molecule has 1 unspecified atom stereocenters. The summed E-state index contributed by atoms with van der Waals surface area (Å²) in [6.07, 6.45) is 5.88. The van der Waals surface area contributed by atoms with Gasteiger partial charge in [0.2, 0.25) is 5.91 Å². The number of hydrogen-bond donors (Lipinski definition) is 2. The lowest BCUT2D eigenvalue weighted by molar-refractivity contribution is -0.124. The molecule has 0 radical (unpaired) electrons. The monoisotopic (exact) mass is 287 g/mol. The number of nitrogens with two attached hydrogens (primary N) is 1. The van der Waals surface area contributed by atoms with Crippen molar-refractivity contribution in [2.75, 3.05) is 11.9 Å². The number of rotatable bonds is 5. The molecule has 3 N–H and O–H groups in total. The van der Waals surface area contributed by atoms with Gasteiger partial charge < -0.3 is 11.1 Å². The molecule has 0 spiro atoms. The SMILES string of the molecule is CCC(C)(CN)C(=O)Nc1cccnc1-n1ccnc1C. The van der Waals surface area contributed by atoms with Crippen molar-refractivity contribution < 1.29 is 4.79 Å². The number of imidazole rings is 1. The minimum atomic E-state index is -0.586. The van der Waals surface area contributed by atoms with Gasteiger partial charge in [-0.25, -0.2) is 9.97 Å². The van der Waals surface area contributed by atoms with E-state index in [9.17, 15) is 4.79 Å². The zero-order chi connectivity index (χ0) is 15.5. The van der Waals surface area contributed by atoms with Crippen LogP contribution >= 0.6 is 0 Å². The van der Waals surface area contributed by atoms with Crippen LogP contribution in [0.4, 0.5) is 5.69 Å². The number of hydrogen-bond acceptors (Lipinski definition) is 4. The van der Waals surface area contributed by atoms with Crippen LogP contribution in [-0.4, -0.2) is 27.0 Å². The minimum absolute atomic E-state index is 0.0977. The molecule has 0 saturated carbocycles. The second-order valence-corrected chi connectivity index (χ2v) is 5.29. The third-order valence-electron chi connectivity index (χ3n) is 3.87. The molecule has 2 heterocycles. The lowest BCUT2D eigenvalue weighted by Crippen LogP contribution is -2.39. The zero-order valence-corrected chi connectivity index (χ0v) is 12.6. The summed E-state index contributed by atoms with van der Waals surface area (Å²) in [6.45, 7) is 6.00. The molecular formula is C15H21N5O. The number of pyridine rings is 1. The van der Waals surface area contributed by atoms with E-state index < -0.39 is 5.41 Å². The Morgan fingerprint density at radius 2 is 2.19 bits per heavy atom. The first kappa shape index (κ1) is 15.2. The zero-order valence-electron chi connectivity index (χ0n) is 12.6. The second kappa shape index (κ2) is 6.05. The molecule has 1 atom stereocenters. The Labute approximate surface area is 124 Å². The number of anilines is 1. The summed E-state index contributed by atoms with van der Waals surface area (Å²) in [5, 5.41) is 2.94. The fourth-order valence-electron chi connectivity index (χ4n) is 1.96. The van der Waals surface area contributed by atoms with Crippen molar-refractivity contribution >= 4 is 11.6 Å². The lowest BCUT2D eigenvalue weighted by atomic mass is 9.86. The molecule has 0 fully saturated rings. The van der Waals surface area contributed by atoms with Crippen molar-refractivity contribution in [3.05, 3.63) is 36.5 Å². The van der Waals surface area contributed by atoms with Gasteiger partial charge in [-0.1, -0.05) is 6.92 Å². The van der Waals surface area contributed by atoms with Gasteiger partial charge in [-0.2, -0.15) is 0 Å². The highest BCUT2D eigenvalue weighted by atomic mass is 16.2. The third-order valence-corrected chi connectivity index (χ3v) is 3.87. The van der Waals surface area contributed by atoms with Crippen LogP contribution in [0, 0.1) is 12.3 Å². The minimum Gasteiger partial charge on any atom is -0.329 e. The maximum absolute atomic E-state index is 12.5. The van der Waals surface area contributed by atoms with Crippen LogP contribution in [0.15, 0.2) is 30.7 Å². The van der Waals surface area contributed by atoms with Crippen molar-refractivity contribution in [1.82, 2.24) is 14.5 Å². The van der Waals surface area contributed by atoms with E-state index in [-0.39, 0.29) is 5.91 Å². The summed E-state index contributed by atoms with van der Waals surface area (Å²) in [6, 6.07) is 3.61. The van der Waals surface area contributed by atoms with E-state index in [4.69, 9.17) is 5.73 Å². The van der Waals surface area contributed by atoms with Gasteiger partial charge in [-0.15, -0.1) is 0 Å². The van der Waals surface area contributed by atoms with E-state index in [0.717, 1.165) is 5.82 Å². The van der Waals surface area contributed by atoms with Crippen molar-refractivity contribution in [3.8, 4) is 5.82 Å². The van der Waals surface area contributed by atoms with Crippen LogP contribution in [0.3, 0.4) is 0 Å². The Balaban J connectivity index is 2.34. The highest BCUT2D eigenvalue weighted by Crippen LogP contribution is 2.24. The molecule has 2 rings (SSSR count). The first-order valence-corrected chi connectivity index (χ1v) is 6.98. The fourth-order valence-corrected chi connectivity index (χ4v) is 1.96. The van der Waals surface area contributed by atoms with E-state index in [0.29, 0.717) is 24.5 Å². The molecule has 6 heteroatoms. The summed E-state index contributed by atoms with van der Waals surface area (Å²) in [5.74, 6) is 1.36. The summed E-state index contributed by atoms with van der Waals surface area (Å²) in [4.78, 5) is 21.0. The van der Waals surface area contributed by atoms with E-state index in [2.05, 4.69) is 15.3 Å². The topological polar surface area (TPSA) is 85.8 Å². The van der Waals surface area contributed by atoms with Crippen LogP contribution < -0.4 is 11.1 Å². The fraction of sp³-hybridized carbons (Fsp3) is 0.400. The van der Waals surface area contributed by atoms with E-state index in [1.54, 1.807) is 18.5 Å². The Hall–Kier alpha value is -2.21. The average molecular weight is 287 g/mol. The van der Waals surface area contributed by atoms with E-state index in [1.165, 1.54) is 0 Å². The highest BCUT2D eigenvalue weighted by molar-refractivity contribution is 5.96. The molecule has 0 aliphatic carbocycles. The molecule has 0 bridgehead atoms. The van der Waals surface area contributed by atoms with Gasteiger partial charge >= 0.3 is 0 Å². The van der Waals surface area contributed by atoms with Gasteiger partial charge in [-0.3, -0.25) is 9.36 Å². The number of aryl methyl sites for hydroxylation is 1. The van der Waals surface area contributed by atoms with Crippen LogP contribution in [0.2, 0.25) is 0 Å². The molecule has 0 aromatic carbocycles. The smallest absolute Gasteiger partial charge is 0.231 e. The van der Waals surface area contributed by atoms with Gasteiger partial charge in [0.15, 0.2) is 5.82 Å². The van der Waals surface area contributed by atoms with Crippen LogP contribution in [-0.2, 0) is 4.79 Å². The highest BCUT2D eigenvalue weighted by Gasteiger charge is 2.30. The van der Waals surface area contributed by atoms with Gasteiger partial charge in [0.1, 0.15) is 5.82 Å².